The van der Waals surface area contributed by atoms with Gasteiger partial charge in [0.1, 0.15) is 0 Å². The van der Waals surface area contributed by atoms with E-state index in [1.807, 2.05) is 12.4 Å². The van der Waals surface area contributed by atoms with E-state index in [4.69, 9.17) is 0 Å². The number of pyridine rings is 1. The molecule has 1 atom stereocenters. The minimum Gasteiger partial charge on any atom is -0.365 e. The third-order valence-corrected chi connectivity index (χ3v) is 4.77. The van der Waals surface area contributed by atoms with Crippen LogP contribution in [0.4, 0.5) is 0 Å². The van der Waals surface area contributed by atoms with E-state index in [9.17, 15) is 0 Å². The first-order valence-electron chi connectivity index (χ1n) is 8.69. The topological polar surface area (TPSA) is 43.8 Å². The second-order valence-corrected chi connectivity index (χ2v) is 6.20. The zero-order valence-electron chi connectivity index (χ0n) is 14.2. The minimum atomic E-state index is 0.557. The van der Waals surface area contributed by atoms with Crippen LogP contribution < -0.4 is 5.43 Å². The Hall–Kier alpha value is -1.88. The van der Waals surface area contributed by atoms with Crippen LogP contribution >= 0.6 is 0 Å². The number of aryl methyl sites for hydroxylation is 1. The Bertz CT molecular complexity index is 581. The summed E-state index contributed by atoms with van der Waals surface area (Å²) in [5.74, 6) is 0. The minimum absolute atomic E-state index is 0.557. The van der Waals surface area contributed by atoms with Crippen molar-refractivity contribution in [3.8, 4) is 0 Å². The van der Waals surface area contributed by atoms with Gasteiger partial charge in [-0.05, 0) is 30.5 Å². The third-order valence-electron chi connectivity index (χ3n) is 4.77. The predicted octanol–water partition coefficient (Wildman–Crippen LogP) is 2.01. The predicted molar refractivity (Wildman–Crippen MR) is 94.3 cm³/mol. The molecule has 1 N–H and O–H groups in total. The van der Waals surface area contributed by atoms with Crippen LogP contribution in [0, 0.1) is 0 Å². The first-order valence-corrected chi connectivity index (χ1v) is 8.69. The standard InChI is InChI=1S/C18H27N5/c1-3-16-14-22(13-15-6-5-8-19-18(15)4-2)10-11-23(16)17-7-9-20-21-12-17/h5-8,12,16,20H,3-4,9-11,13-14H2,1-2H3/t16-/m1/s1. The lowest BCUT2D eigenvalue weighted by Gasteiger charge is -2.43. The molecule has 0 bridgehead atoms. The first kappa shape index (κ1) is 16.0. The fourth-order valence-corrected chi connectivity index (χ4v) is 3.49. The van der Waals surface area contributed by atoms with Crippen molar-refractivity contribution in [2.75, 3.05) is 26.2 Å². The number of hydrogen-bond donors (Lipinski definition) is 1. The molecule has 0 amide bonds. The molecule has 3 rings (SSSR count). The second-order valence-electron chi connectivity index (χ2n) is 6.20. The third kappa shape index (κ3) is 3.72. The molecule has 124 valence electrons. The maximum atomic E-state index is 4.52. The van der Waals surface area contributed by atoms with Crippen molar-refractivity contribution in [2.45, 2.75) is 39.3 Å². The normalized spacial score (nSPS) is 21.9. The molecule has 0 aliphatic carbocycles. The maximum Gasteiger partial charge on any atom is 0.0699 e. The summed E-state index contributed by atoms with van der Waals surface area (Å²) >= 11 is 0. The highest BCUT2D eigenvalue weighted by molar-refractivity contribution is 5.78. The number of nitrogens with zero attached hydrogens (tertiary/aromatic N) is 4. The largest absolute Gasteiger partial charge is 0.365 e. The molecule has 0 spiro atoms. The summed E-state index contributed by atoms with van der Waals surface area (Å²) in [4.78, 5) is 9.61. The molecule has 23 heavy (non-hydrogen) atoms. The fraction of sp³-hybridized carbons (Fsp3) is 0.556. The summed E-state index contributed by atoms with van der Waals surface area (Å²) in [6.45, 7) is 9.56. The quantitative estimate of drug-likeness (QED) is 0.903. The average Bonchev–Trinajstić information content (AvgIpc) is 2.63. The van der Waals surface area contributed by atoms with Gasteiger partial charge in [0, 0.05) is 44.1 Å². The van der Waals surface area contributed by atoms with Gasteiger partial charge in [0.2, 0.25) is 0 Å². The lowest BCUT2D eigenvalue weighted by atomic mass is 10.1. The lowest BCUT2D eigenvalue weighted by Crippen LogP contribution is -2.52. The Labute approximate surface area is 139 Å². The van der Waals surface area contributed by atoms with Crippen molar-refractivity contribution in [3.63, 3.8) is 0 Å². The monoisotopic (exact) mass is 313 g/mol. The van der Waals surface area contributed by atoms with Crippen LogP contribution in [0.5, 0.6) is 0 Å². The SMILES string of the molecule is CCc1ncccc1CN1CCN(C2=CCNN=C2)[C@H](CC)C1. The molecule has 1 aromatic heterocycles. The molecule has 0 saturated carbocycles. The van der Waals surface area contributed by atoms with Crippen molar-refractivity contribution in [1.82, 2.24) is 20.2 Å². The molecule has 5 heteroatoms. The van der Waals surface area contributed by atoms with E-state index in [2.05, 4.69) is 57.4 Å². The molecular weight excluding hydrogens is 286 g/mol. The molecule has 1 fully saturated rings. The van der Waals surface area contributed by atoms with E-state index in [1.54, 1.807) is 0 Å². The summed E-state index contributed by atoms with van der Waals surface area (Å²) in [5.41, 5.74) is 6.87. The van der Waals surface area contributed by atoms with Gasteiger partial charge in [0.05, 0.1) is 18.5 Å². The molecule has 0 radical (unpaired) electrons. The van der Waals surface area contributed by atoms with Gasteiger partial charge in [0.25, 0.3) is 0 Å². The number of allylic oxidation sites excluding steroid dienone is 1. The van der Waals surface area contributed by atoms with Gasteiger partial charge in [-0.2, -0.15) is 5.10 Å². The average molecular weight is 313 g/mol. The number of hydrazone groups is 1. The van der Waals surface area contributed by atoms with Crippen LogP contribution in [0.2, 0.25) is 0 Å². The van der Waals surface area contributed by atoms with Crippen molar-refractivity contribution >= 4 is 6.21 Å². The molecule has 3 heterocycles. The maximum absolute atomic E-state index is 4.52. The summed E-state index contributed by atoms with van der Waals surface area (Å²) in [6.07, 6.45) is 8.25. The molecule has 2 aliphatic heterocycles. The Morgan fingerprint density at radius 1 is 1.30 bits per heavy atom. The van der Waals surface area contributed by atoms with Crippen molar-refractivity contribution in [2.24, 2.45) is 5.10 Å². The van der Waals surface area contributed by atoms with Crippen molar-refractivity contribution < 1.29 is 0 Å². The van der Waals surface area contributed by atoms with E-state index in [1.165, 1.54) is 17.0 Å². The molecular formula is C18H27N5. The van der Waals surface area contributed by atoms with E-state index >= 15 is 0 Å². The highest BCUT2D eigenvalue weighted by Crippen LogP contribution is 2.20. The van der Waals surface area contributed by atoms with Gasteiger partial charge in [0.15, 0.2) is 0 Å². The van der Waals surface area contributed by atoms with Crippen LogP contribution in [0.1, 0.15) is 31.5 Å². The highest BCUT2D eigenvalue weighted by Gasteiger charge is 2.27. The van der Waals surface area contributed by atoms with Gasteiger partial charge >= 0.3 is 0 Å². The van der Waals surface area contributed by atoms with E-state index in [0.29, 0.717) is 6.04 Å². The molecule has 0 aromatic carbocycles. The Kier molecular flexibility index (Phi) is 5.28. The van der Waals surface area contributed by atoms with Gasteiger partial charge in [-0.15, -0.1) is 0 Å². The molecule has 2 aliphatic rings. The van der Waals surface area contributed by atoms with Crippen LogP contribution in [0.25, 0.3) is 0 Å². The number of piperazine rings is 1. The number of rotatable bonds is 5. The Morgan fingerprint density at radius 2 is 2.22 bits per heavy atom. The zero-order valence-corrected chi connectivity index (χ0v) is 14.2. The molecule has 1 aromatic rings. The fourth-order valence-electron chi connectivity index (χ4n) is 3.49. The smallest absolute Gasteiger partial charge is 0.0699 e. The van der Waals surface area contributed by atoms with Crippen LogP contribution in [-0.2, 0) is 13.0 Å². The molecule has 5 nitrogen and oxygen atoms in total. The number of nitrogens with one attached hydrogen (secondary N) is 1. The second kappa shape index (κ2) is 7.59. The summed E-state index contributed by atoms with van der Waals surface area (Å²) in [6, 6.07) is 4.83. The lowest BCUT2D eigenvalue weighted by molar-refractivity contribution is 0.0982. The summed E-state index contributed by atoms with van der Waals surface area (Å²) in [5, 5.41) is 4.21. The van der Waals surface area contributed by atoms with Crippen molar-refractivity contribution in [3.05, 3.63) is 41.4 Å². The van der Waals surface area contributed by atoms with E-state index in [-0.39, 0.29) is 0 Å². The highest BCUT2D eigenvalue weighted by atomic mass is 15.3. The Morgan fingerprint density at radius 3 is 2.96 bits per heavy atom. The number of aromatic nitrogens is 1. The van der Waals surface area contributed by atoms with Crippen molar-refractivity contribution in [1.29, 1.82) is 0 Å². The summed E-state index contributed by atoms with van der Waals surface area (Å²) in [7, 11) is 0. The van der Waals surface area contributed by atoms with E-state index in [0.717, 1.165) is 45.6 Å². The molecule has 1 saturated heterocycles. The Balaban J connectivity index is 1.66. The van der Waals surface area contributed by atoms with Gasteiger partial charge < -0.3 is 10.3 Å². The van der Waals surface area contributed by atoms with Gasteiger partial charge in [-0.25, -0.2) is 0 Å². The van der Waals surface area contributed by atoms with Gasteiger partial charge in [-0.1, -0.05) is 19.9 Å². The summed E-state index contributed by atoms with van der Waals surface area (Å²) < 4.78 is 0. The zero-order chi connectivity index (χ0) is 16.1. The van der Waals surface area contributed by atoms with Crippen LogP contribution in [0.15, 0.2) is 35.2 Å². The first-order chi connectivity index (χ1) is 11.3. The van der Waals surface area contributed by atoms with E-state index < -0.39 is 0 Å². The van der Waals surface area contributed by atoms with Crippen LogP contribution in [0.3, 0.4) is 0 Å². The van der Waals surface area contributed by atoms with Gasteiger partial charge in [-0.3, -0.25) is 9.88 Å². The van der Waals surface area contributed by atoms with Crippen LogP contribution in [-0.4, -0.2) is 53.2 Å². The molecule has 0 unspecified atom stereocenters. The number of hydrogen-bond acceptors (Lipinski definition) is 5.